The zero-order chi connectivity index (χ0) is 11.4. The van der Waals surface area contributed by atoms with Crippen molar-refractivity contribution in [2.75, 3.05) is 6.54 Å². The van der Waals surface area contributed by atoms with E-state index in [4.69, 9.17) is 4.42 Å². The summed E-state index contributed by atoms with van der Waals surface area (Å²) in [5.41, 5.74) is 0. The summed E-state index contributed by atoms with van der Waals surface area (Å²) in [5, 5.41) is 12.9. The fourth-order valence-electron chi connectivity index (χ4n) is 1.19. The molecule has 2 N–H and O–H groups in total. The predicted molar refractivity (Wildman–Crippen MR) is 63.7 cm³/mol. The summed E-state index contributed by atoms with van der Waals surface area (Å²) < 4.78 is 6.14. The van der Waals surface area contributed by atoms with E-state index in [-0.39, 0.29) is 18.1 Å². The van der Waals surface area contributed by atoms with Crippen LogP contribution in [0.25, 0.3) is 0 Å². The Morgan fingerprint density at radius 3 is 2.53 bits per heavy atom. The van der Waals surface area contributed by atoms with Gasteiger partial charge in [-0.15, -0.1) is 0 Å². The topological polar surface area (TPSA) is 45.4 Å². The molecule has 1 aromatic rings. The Labute approximate surface area is 99.0 Å². The molecule has 3 nitrogen and oxygen atoms in total. The Bertz CT molecular complexity index is 299. The van der Waals surface area contributed by atoms with Crippen molar-refractivity contribution < 1.29 is 9.52 Å². The summed E-state index contributed by atoms with van der Waals surface area (Å²) in [4.78, 5) is 0. The van der Waals surface area contributed by atoms with Crippen LogP contribution in [-0.4, -0.2) is 17.8 Å². The van der Waals surface area contributed by atoms with Crippen molar-refractivity contribution >= 4 is 15.9 Å². The Kier molecular flexibility index (Phi) is 4.83. The zero-order valence-electron chi connectivity index (χ0n) is 9.33. The van der Waals surface area contributed by atoms with E-state index in [1.165, 1.54) is 0 Å². The molecule has 0 spiro atoms. The molecule has 0 saturated carbocycles. The first-order valence-corrected chi connectivity index (χ1v) is 5.96. The van der Waals surface area contributed by atoms with Crippen LogP contribution in [0.1, 0.15) is 32.6 Å². The fourth-order valence-corrected chi connectivity index (χ4v) is 1.51. The van der Waals surface area contributed by atoms with Crippen molar-refractivity contribution in [3.63, 3.8) is 0 Å². The largest absolute Gasteiger partial charge is 0.453 e. The minimum atomic E-state index is -0.314. The number of halogens is 1. The molecule has 86 valence electrons. The SMILES string of the molecule is CC(NCC(O)C(C)C)c1ccc(Br)o1. The van der Waals surface area contributed by atoms with Gasteiger partial charge >= 0.3 is 0 Å². The van der Waals surface area contributed by atoms with Gasteiger partial charge in [0.15, 0.2) is 4.67 Å². The third-order valence-electron chi connectivity index (χ3n) is 2.42. The molecule has 4 heteroatoms. The average Bonchev–Trinajstić information content (AvgIpc) is 2.60. The van der Waals surface area contributed by atoms with Gasteiger partial charge in [-0.05, 0) is 40.9 Å². The van der Waals surface area contributed by atoms with Gasteiger partial charge in [-0.3, -0.25) is 0 Å². The number of rotatable bonds is 5. The number of nitrogens with one attached hydrogen (secondary N) is 1. The van der Waals surface area contributed by atoms with Crippen LogP contribution >= 0.6 is 15.9 Å². The Morgan fingerprint density at radius 2 is 2.07 bits per heavy atom. The highest BCUT2D eigenvalue weighted by Gasteiger charge is 2.13. The summed E-state index contributed by atoms with van der Waals surface area (Å²) in [7, 11) is 0. The van der Waals surface area contributed by atoms with E-state index >= 15 is 0 Å². The Hall–Kier alpha value is -0.320. The molecule has 0 bridgehead atoms. The van der Waals surface area contributed by atoms with Gasteiger partial charge in [0.1, 0.15) is 5.76 Å². The molecule has 15 heavy (non-hydrogen) atoms. The molecule has 1 aromatic heterocycles. The van der Waals surface area contributed by atoms with Gasteiger partial charge in [0.25, 0.3) is 0 Å². The molecule has 0 radical (unpaired) electrons. The third kappa shape index (κ3) is 3.97. The molecule has 2 unspecified atom stereocenters. The quantitative estimate of drug-likeness (QED) is 0.869. The van der Waals surface area contributed by atoms with Crippen LogP contribution < -0.4 is 5.32 Å². The molecule has 0 saturated heterocycles. The van der Waals surface area contributed by atoms with Crippen LogP contribution in [0.5, 0.6) is 0 Å². The van der Waals surface area contributed by atoms with Crippen molar-refractivity contribution in [1.29, 1.82) is 0 Å². The molecule has 2 atom stereocenters. The first-order valence-electron chi connectivity index (χ1n) is 5.17. The Morgan fingerprint density at radius 1 is 1.40 bits per heavy atom. The maximum Gasteiger partial charge on any atom is 0.169 e. The minimum absolute atomic E-state index is 0.115. The number of aliphatic hydroxyl groups is 1. The van der Waals surface area contributed by atoms with Crippen LogP contribution in [0, 0.1) is 5.92 Å². The molecule has 0 aliphatic heterocycles. The van der Waals surface area contributed by atoms with E-state index in [0.717, 1.165) is 10.4 Å². The fraction of sp³-hybridized carbons (Fsp3) is 0.636. The molecule has 0 amide bonds. The molecule has 0 aliphatic rings. The van der Waals surface area contributed by atoms with Crippen LogP contribution in [0.15, 0.2) is 21.2 Å². The maximum atomic E-state index is 9.63. The maximum absolute atomic E-state index is 9.63. The highest BCUT2D eigenvalue weighted by molar-refractivity contribution is 9.10. The molecule has 1 rings (SSSR count). The lowest BCUT2D eigenvalue weighted by molar-refractivity contribution is 0.119. The smallest absolute Gasteiger partial charge is 0.169 e. The standard InChI is InChI=1S/C11H18BrNO2/c1-7(2)9(14)6-13-8(3)10-4-5-11(12)15-10/h4-5,7-9,13-14H,6H2,1-3H3. The van der Waals surface area contributed by atoms with Crippen LogP contribution in [-0.2, 0) is 0 Å². The summed E-state index contributed by atoms with van der Waals surface area (Å²) in [5.74, 6) is 1.14. The summed E-state index contributed by atoms with van der Waals surface area (Å²) in [6.45, 7) is 6.59. The minimum Gasteiger partial charge on any atom is -0.453 e. The lowest BCUT2D eigenvalue weighted by Crippen LogP contribution is -2.32. The van der Waals surface area contributed by atoms with E-state index in [9.17, 15) is 5.11 Å². The first kappa shape index (κ1) is 12.7. The normalized spacial score (nSPS) is 15.6. The highest BCUT2D eigenvalue weighted by atomic mass is 79.9. The van der Waals surface area contributed by atoms with Gasteiger partial charge in [0.2, 0.25) is 0 Å². The van der Waals surface area contributed by atoms with Crippen LogP contribution in [0.3, 0.4) is 0 Å². The zero-order valence-corrected chi connectivity index (χ0v) is 10.9. The molecule has 1 heterocycles. The molecular formula is C11H18BrNO2. The number of hydrogen-bond donors (Lipinski definition) is 2. The van der Waals surface area contributed by atoms with Crippen molar-refractivity contribution in [1.82, 2.24) is 5.32 Å². The number of hydrogen-bond acceptors (Lipinski definition) is 3. The van der Waals surface area contributed by atoms with E-state index in [1.807, 2.05) is 32.9 Å². The van der Waals surface area contributed by atoms with Crippen molar-refractivity contribution in [3.8, 4) is 0 Å². The van der Waals surface area contributed by atoms with E-state index in [2.05, 4.69) is 21.2 Å². The highest BCUT2D eigenvalue weighted by Crippen LogP contribution is 2.20. The van der Waals surface area contributed by atoms with Gasteiger partial charge in [-0.25, -0.2) is 0 Å². The summed E-state index contributed by atoms with van der Waals surface area (Å²) in [6, 6.07) is 3.90. The van der Waals surface area contributed by atoms with E-state index in [0.29, 0.717) is 6.54 Å². The monoisotopic (exact) mass is 275 g/mol. The van der Waals surface area contributed by atoms with Gasteiger partial charge in [-0.2, -0.15) is 0 Å². The second-order valence-corrected chi connectivity index (χ2v) is 4.86. The van der Waals surface area contributed by atoms with Gasteiger partial charge in [0, 0.05) is 6.54 Å². The van der Waals surface area contributed by atoms with Crippen molar-refractivity contribution in [3.05, 3.63) is 22.6 Å². The van der Waals surface area contributed by atoms with Gasteiger partial charge in [-0.1, -0.05) is 13.8 Å². The second-order valence-electron chi connectivity index (χ2n) is 4.08. The number of furan rings is 1. The van der Waals surface area contributed by atoms with Crippen molar-refractivity contribution in [2.45, 2.75) is 32.9 Å². The van der Waals surface area contributed by atoms with E-state index in [1.54, 1.807) is 0 Å². The van der Waals surface area contributed by atoms with E-state index < -0.39 is 0 Å². The van der Waals surface area contributed by atoms with Gasteiger partial charge < -0.3 is 14.8 Å². The van der Waals surface area contributed by atoms with Crippen LogP contribution in [0.4, 0.5) is 0 Å². The molecule has 0 aliphatic carbocycles. The molecule has 0 aromatic carbocycles. The predicted octanol–water partition coefficient (Wildman–Crippen LogP) is 2.71. The lowest BCUT2D eigenvalue weighted by atomic mass is 10.1. The first-order chi connectivity index (χ1) is 7.00. The molecular weight excluding hydrogens is 258 g/mol. The lowest BCUT2D eigenvalue weighted by Gasteiger charge is -2.18. The molecule has 0 fully saturated rings. The third-order valence-corrected chi connectivity index (χ3v) is 2.85. The average molecular weight is 276 g/mol. The Balaban J connectivity index is 2.39. The van der Waals surface area contributed by atoms with Gasteiger partial charge in [0.05, 0.1) is 12.1 Å². The number of aliphatic hydroxyl groups excluding tert-OH is 1. The van der Waals surface area contributed by atoms with Crippen LogP contribution in [0.2, 0.25) is 0 Å². The summed E-state index contributed by atoms with van der Waals surface area (Å²) in [6.07, 6.45) is -0.314. The summed E-state index contributed by atoms with van der Waals surface area (Å²) >= 11 is 3.26. The van der Waals surface area contributed by atoms with Crippen molar-refractivity contribution in [2.24, 2.45) is 5.92 Å². The second kappa shape index (κ2) is 5.68.